The number of amides is 1. The number of thioether (sulfide) groups is 1. The highest BCUT2D eigenvalue weighted by atomic mass is 35.5. The average molecular weight is 305 g/mol. The first-order chi connectivity index (χ1) is 9.74. The zero-order valence-corrected chi connectivity index (χ0v) is 12.4. The highest BCUT2D eigenvalue weighted by Crippen LogP contribution is 2.46. The van der Waals surface area contributed by atoms with Gasteiger partial charge in [-0.25, -0.2) is 4.99 Å². The first-order valence-corrected chi connectivity index (χ1v) is 8.11. The van der Waals surface area contributed by atoms with E-state index in [0.717, 1.165) is 35.0 Å². The zero-order valence-electron chi connectivity index (χ0n) is 10.8. The summed E-state index contributed by atoms with van der Waals surface area (Å²) < 4.78 is 0. The van der Waals surface area contributed by atoms with Crippen molar-refractivity contribution >= 4 is 34.4 Å². The van der Waals surface area contributed by atoms with Crippen molar-refractivity contribution in [1.29, 1.82) is 0 Å². The summed E-state index contributed by atoms with van der Waals surface area (Å²) >= 11 is 7.53. The Hall–Kier alpha value is -1.26. The molecule has 2 heterocycles. The lowest BCUT2D eigenvalue weighted by Crippen LogP contribution is -2.37. The molecule has 0 aromatic heterocycles. The lowest BCUT2D eigenvalue weighted by Gasteiger charge is -2.32. The molecule has 1 aromatic carbocycles. The monoisotopic (exact) mass is 304 g/mol. The number of halogens is 1. The average Bonchev–Trinajstić information content (AvgIpc) is 3.05. The number of hydrogen-bond acceptors (Lipinski definition) is 3. The molecular formula is C15H13ClN2OS. The van der Waals surface area contributed by atoms with Crippen LogP contribution in [0.3, 0.4) is 0 Å². The lowest BCUT2D eigenvalue weighted by atomic mass is 9.95. The minimum Gasteiger partial charge on any atom is -0.279 e. The van der Waals surface area contributed by atoms with Crippen LogP contribution in [-0.4, -0.2) is 21.7 Å². The van der Waals surface area contributed by atoms with E-state index in [4.69, 9.17) is 11.6 Å². The van der Waals surface area contributed by atoms with Crippen LogP contribution in [0.1, 0.15) is 30.9 Å². The molecule has 1 saturated heterocycles. The van der Waals surface area contributed by atoms with E-state index >= 15 is 0 Å². The number of rotatable bonds is 1. The van der Waals surface area contributed by atoms with Gasteiger partial charge in [-0.2, -0.15) is 0 Å². The first-order valence-electron chi connectivity index (χ1n) is 6.75. The number of amidine groups is 1. The predicted octanol–water partition coefficient (Wildman–Crippen LogP) is 3.76. The third-order valence-electron chi connectivity index (χ3n) is 4.03. The molecule has 1 atom stereocenters. The number of benzene rings is 1. The lowest BCUT2D eigenvalue weighted by molar-refractivity contribution is -0.125. The molecule has 102 valence electrons. The van der Waals surface area contributed by atoms with Crippen molar-refractivity contribution in [3.8, 4) is 0 Å². The van der Waals surface area contributed by atoms with Crippen LogP contribution < -0.4 is 0 Å². The molecule has 5 heteroatoms. The maximum Gasteiger partial charge on any atom is 0.239 e. The van der Waals surface area contributed by atoms with E-state index in [1.54, 1.807) is 11.8 Å². The normalized spacial score (nSPS) is 24.9. The Morgan fingerprint density at radius 1 is 1.25 bits per heavy atom. The summed E-state index contributed by atoms with van der Waals surface area (Å²) in [5.41, 5.74) is 3.64. The molecule has 0 N–H and O–H groups in total. The Morgan fingerprint density at radius 2 is 2.05 bits per heavy atom. The molecular weight excluding hydrogens is 292 g/mol. The van der Waals surface area contributed by atoms with Crippen molar-refractivity contribution < 1.29 is 4.79 Å². The van der Waals surface area contributed by atoms with E-state index < -0.39 is 0 Å². The van der Waals surface area contributed by atoms with Crippen LogP contribution in [0.25, 0.3) is 0 Å². The summed E-state index contributed by atoms with van der Waals surface area (Å²) in [6.07, 6.45) is 3.21. The van der Waals surface area contributed by atoms with Gasteiger partial charge in [-0.15, -0.1) is 0 Å². The van der Waals surface area contributed by atoms with Gasteiger partial charge in [-0.05, 0) is 42.5 Å². The van der Waals surface area contributed by atoms with Crippen molar-refractivity contribution in [2.45, 2.75) is 25.3 Å². The number of aliphatic imine (C=N–C) groups is 1. The second-order valence-electron chi connectivity index (χ2n) is 5.23. The molecule has 0 saturated carbocycles. The van der Waals surface area contributed by atoms with Crippen LogP contribution in [0.5, 0.6) is 0 Å². The number of fused-ring (bicyclic) bond motifs is 1. The highest BCUT2D eigenvalue weighted by molar-refractivity contribution is 8.15. The molecule has 4 rings (SSSR count). The van der Waals surface area contributed by atoms with Crippen LogP contribution in [0.15, 0.2) is 40.5 Å². The van der Waals surface area contributed by atoms with E-state index in [1.165, 1.54) is 11.3 Å². The molecule has 1 aliphatic carbocycles. The smallest absolute Gasteiger partial charge is 0.239 e. The molecule has 0 radical (unpaired) electrons. The summed E-state index contributed by atoms with van der Waals surface area (Å²) in [6.45, 7) is 0. The Morgan fingerprint density at radius 3 is 2.85 bits per heavy atom. The third-order valence-corrected chi connectivity index (χ3v) is 5.22. The minimum absolute atomic E-state index is 0.0276. The maximum absolute atomic E-state index is 12.2. The van der Waals surface area contributed by atoms with Crippen LogP contribution in [0, 0.1) is 0 Å². The van der Waals surface area contributed by atoms with E-state index in [2.05, 4.69) is 4.99 Å². The van der Waals surface area contributed by atoms with Crippen molar-refractivity contribution in [3.05, 3.63) is 46.1 Å². The number of allylic oxidation sites excluding steroid dienone is 1. The Balaban J connectivity index is 1.84. The van der Waals surface area contributed by atoms with Gasteiger partial charge in [0, 0.05) is 10.7 Å². The molecule has 0 unspecified atom stereocenters. The van der Waals surface area contributed by atoms with Crippen LogP contribution >= 0.6 is 23.4 Å². The highest BCUT2D eigenvalue weighted by Gasteiger charge is 2.41. The quantitative estimate of drug-likeness (QED) is 0.791. The number of hydrogen-bond donors (Lipinski definition) is 0. The Kier molecular flexibility index (Phi) is 2.89. The molecule has 1 aromatic rings. The molecule has 20 heavy (non-hydrogen) atoms. The van der Waals surface area contributed by atoms with Crippen LogP contribution in [0.2, 0.25) is 5.02 Å². The zero-order chi connectivity index (χ0) is 13.7. The van der Waals surface area contributed by atoms with Crippen molar-refractivity contribution in [3.63, 3.8) is 0 Å². The Labute approximate surface area is 126 Å². The summed E-state index contributed by atoms with van der Waals surface area (Å²) in [5.74, 6) is 0.663. The predicted molar refractivity (Wildman–Crippen MR) is 81.8 cm³/mol. The topological polar surface area (TPSA) is 32.7 Å². The van der Waals surface area contributed by atoms with E-state index in [9.17, 15) is 4.79 Å². The number of carbonyl (C=O) groups is 1. The van der Waals surface area contributed by atoms with Crippen molar-refractivity contribution in [2.24, 2.45) is 4.99 Å². The fraction of sp³-hybridized carbons (Fsp3) is 0.333. The second-order valence-corrected chi connectivity index (χ2v) is 6.61. The molecule has 1 fully saturated rings. The summed E-state index contributed by atoms with van der Waals surface area (Å²) in [5, 5.41) is 1.59. The largest absolute Gasteiger partial charge is 0.279 e. The van der Waals surface area contributed by atoms with E-state index in [1.807, 2.05) is 29.2 Å². The van der Waals surface area contributed by atoms with Gasteiger partial charge in [0.15, 0.2) is 5.17 Å². The maximum atomic E-state index is 12.2. The second kappa shape index (κ2) is 4.64. The van der Waals surface area contributed by atoms with Crippen molar-refractivity contribution in [1.82, 2.24) is 4.90 Å². The fourth-order valence-electron chi connectivity index (χ4n) is 3.15. The summed E-state index contributed by atoms with van der Waals surface area (Å²) in [6, 6.07) is 7.86. The third kappa shape index (κ3) is 1.82. The van der Waals surface area contributed by atoms with Gasteiger partial charge in [0.1, 0.15) is 0 Å². The standard InChI is InChI=1S/C15H13ClN2OS/c16-10-6-4-9(5-7-10)14-11-2-1-3-12(11)17-15-18(14)13(19)8-20-15/h4-7,14H,1-3,8H2/t14-/m0/s1. The summed E-state index contributed by atoms with van der Waals surface area (Å²) in [7, 11) is 0. The van der Waals surface area contributed by atoms with Crippen LogP contribution in [-0.2, 0) is 4.79 Å². The van der Waals surface area contributed by atoms with Gasteiger partial charge in [0.25, 0.3) is 0 Å². The SMILES string of the molecule is O=C1CSC2=NC3=C(CCC3)[C@H](c3ccc(Cl)cc3)N12. The molecule has 0 spiro atoms. The number of carbonyl (C=O) groups excluding carboxylic acids is 1. The van der Waals surface area contributed by atoms with Gasteiger partial charge < -0.3 is 0 Å². The van der Waals surface area contributed by atoms with Crippen molar-refractivity contribution in [2.75, 3.05) is 5.75 Å². The van der Waals surface area contributed by atoms with Crippen LogP contribution in [0.4, 0.5) is 0 Å². The van der Waals surface area contributed by atoms with E-state index in [0.29, 0.717) is 5.75 Å². The minimum atomic E-state index is 0.0276. The first kappa shape index (κ1) is 12.5. The van der Waals surface area contributed by atoms with E-state index in [-0.39, 0.29) is 11.9 Å². The number of nitrogens with zero attached hydrogens (tertiary/aromatic N) is 2. The molecule has 2 aliphatic heterocycles. The van der Waals surface area contributed by atoms with Gasteiger partial charge in [0.2, 0.25) is 5.91 Å². The molecule has 1 amide bonds. The van der Waals surface area contributed by atoms with Gasteiger partial charge >= 0.3 is 0 Å². The molecule has 3 aliphatic rings. The molecule has 0 bridgehead atoms. The van der Waals surface area contributed by atoms with Gasteiger partial charge in [-0.1, -0.05) is 35.5 Å². The van der Waals surface area contributed by atoms with Gasteiger partial charge in [-0.3, -0.25) is 9.69 Å². The molecule has 3 nitrogen and oxygen atoms in total. The fourth-order valence-corrected chi connectivity index (χ4v) is 4.19. The van der Waals surface area contributed by atoms with Gasteiger partial charge in [0.05, 0.1) is 11.8 Å². The summed E-state index contributed by atoms with van der Waals surface area (Å²) in [4.78, 5) is 18.8. The Bertz CT molecular complexity index is 650.